The van der Waals surface area contributed by atoms with Gasteiger partial charge in [-0.2, -0.15) is 0 Å². The van der Waals surface area contributed by atoms with Gasteiger partial charge in [-0.1, -0.05) is 42.5 Å². The minimum absolute atomic E-state index is 0.0374. The Hall–Kier alpha value is -4.32. The van der Waals surface area contributed by atoms with Gasteiger partial charge in [0.2, 0.25) is 0 Å². The van der Waals surface area contributed by atoms with Crippen molar-refractivity contribution in [3.63, 3.8) is 0 Å². The molecule has 0 atom stereocenters. The summed E-state index contributed by atoms with van der Waals surface area (Å²) in [5, 5.41) is 19.9. The lowest BCUT2D eigenvalue weighted by molar-refractivity contribution is -0.129. The molecule has 0 saturated heterocycles. The van der Waals surface area contributed by atoms with Gasteiger partial charge < -0.3 is 19.7 Å². The van der Waals surface area contributed by atoms with Crippen LogP contribution < -0.4 is 9.47 Å². The van der Waals surface area contributed by atoms with Crippen LogP contribution >= 0.6 is 0 Å². The molecular weight excluding hydrogens is 396 g/mol. The van der Waals surface area contributed by atoms with Crippen molar-refractivity contribution in [2.24, 2.45) is 0 Å². The summed E-state index contributed by atoms with van der Waals surface area (Å²) in [5.41, 5.74) is 1.48. The SMILES string of the molecule is COc1ccc(C(=O)/C=C/c2ccc(O)c(OC(=O)/C=C/c3ccccc3)c2)c(O)c1. The molecule has 0 spiro atoms. The number of carbonyl (C=O) groups is 2. The summed E-state index contributed by atoms with van der Waals surface area (Å²) in [6.45, 7) is 0. The van der Waals surface area contributed by atoms with Crippen molar-refractivity contribution in [2.75, 3.05) is 7.11 Å². The molecule has 6 heteroatoms. The van der Waals surface area contributed by atoms with Crippen molar-refractivity contribution in [1.82, 2.24) is 0 Å². The number of carbonyl (C=O) groups excluding carboxylic acids is 2. The molecule has 31 heavy (non-hydrogen) atoms. The molecule has 0 saturated carbocycles. The predicted molar refractivity (Wildman–Crippen MR) is 117 cm³/mol. The lowest BCUT2D eigenvalue weighted by Crippen LogP contribution is -2.04. The molecule has 0 bridgehead atoms. The average molecular weight is 416 g/mol. The number of phenols is 2. The van der Waals surface area contributed by atoms with Gasteiger partial charge in [-0.15, -0.1) is 0 Å². The van der Waals surface area contributed by atoms with Crippen LogP contribution in [0, 0.1) is 0 Å². The number of hydrogen-bond donors (Lipinski definition) is 2. The second-order valence-electron chi connectivity index (χ2n) is 6.47. The summed E-state index contributed by atoms with van der Waals surface area (Å²) >= 11 is 0. The van der Waals surface area contributed by atoms with Crippen LogP contribution in [0.25, 0.3) is 12.2 Å². The number of ether oxygens (including phenoxy) is 2. The molecule has 156 valence electrons. The van der Waals surface area contributed by atoms with Gasteiger partial charge in [-0.05, 0) is 47.5 Å². The number of phenolic OH excluding ortho intramolecular Hbond substituents is 2. The van der Waals surface area contributed by atoms with Crippen molar-refractivity contribution in [2.45, 2.75) is 0 Å². The van der Waals surface area contributed by atoms with E-state index in [4.69, 9.17) is 9.47 Å². The van der Waals surface area contributed by atoms with Gasteiger partial charge in [-0.3, -0.25) is 4.79 Å². The number of aromatic hydroxyl groups is 2. The van der Waals surface area contributed by atoms with E-state index in [1.807, 2.05) is 30.3 Å². The van der Waals surface area contributed by atoms with Crippen LogP contribution in [-0.4, -0.2) is 29.1 Å². The van der Waals surface area contributed by atoms with Gasteiger partial charge in [0.05, 0.1) is 12.7 Å². The van der Waals surface area contributed by atoms with E-state index < -0.39 is 11.8 Å². The molecule has 3 aromatic carbocycles. The number of allylic oxidation sites excluding steroid dienone is 1. The minimum Gasteiger partial charge on any atom is -0.507 e. The monoisotopic (exact) mass is 416 g/mol. The highest BCUT2D eigenvalue weighted by molar-refractivity contribution is 6.08. The molecular formula is C25H20O6. The number of hydrogen-bond acceptors (Lipinski definition) is 6. The Morgan fingerprint density at radius 3 is 2.26 bits per heavy atom. The van der Waals surface area contributed by atoms with Gasteiger partial charge in [0.1, 0.15) is 11.5 Å². The van der Waals surface area contributed by atoms with Crippen LogP contribution in [0.2, 0.25) is 0 Å². The number of esters is 1. The summed E-state index contributed by atoms with van der Waals surface area (Å²) in [5.74, 6) is -1.08. The Bertz CT molecular complexity index is 1150. The zero-order chi connectivity index (χ0) is 22.2. The van der Waals surface area contributed by atoms with Crippen LogP contribution in [0.5, 0.6) is 23.0 Å². The van der Waals surface area contributed by atoms with Crippen LogP contribution in [0.4, 0.5) is 0 Å². The second kappa shape index (κ2) is 9.93. The highest BCUT2D eigenvalue weighted by Crippen LogP contribution is 2.28. The van der Waals surface area contributed by atoms with Crippen LogP contribution in [0.15, 0.2) is 78.9 Å². The van der Waals surface area contributed by atoms with Crippen molar-refractivity contribution in [1.29, 1.82) is 0 Å². The molecule has 3 rings (SSSR count). The van der Waals surface area contributed by atoms with E-state index in [9.17, 15) is 19.8 Å². The number of methoxy groups -OCH3 is 1. The van der Waals surface area contributed by atoms with Gasteiger partial charge in [0.25, 0.3) is 0 Å². The van der Waals surface area contributed by atoms with E-state index >= 15 is 0 Å². The Morgan fingerprint density at radius 2 is 1.55 bits per heavy atom. The topological polar surface area (TPSA) is 93.1 Å². The normalized spacial score (nSPS) is 11.0. The van der Waals surface area contributed by atoms with Gasteiger partial charge in [0, 0.05) is 12.1 Å². The molecule has 0 fully saturated rings. The first-order chi connectivity index (χ1) is 15.0. The maximum atomic E-state index is 12.4. The molecule has 0 unspecified atom stereocenters. The summed E-state index contributed by atoms with van der Waals surface area (Å²) in [6, 6.07) is 18.0. The average Bonchev–Trinajstić information content (AvgIpc) is 2.78. The van der Waals surface area contributed by atoms with E-state index in [2.05, 4.69) is 0 Å². The molecule has 2 N–H and O–H groups in total. The van der Waals surface area contributed by atoms with E-state index in [-0.39, 0.29) is 22.8 Å². The standard InChI is InChI=1S/C25H20O6/c1-30-19-10-11-20(23(28)16-19)21(26)12-7-18-8-13-22(27)24(15-18)31-25(29)14-9-17-5-3-2-4-6-17/h2-16,27-28H,1H3/b12-7+,14-9+. The summed E-state index contributed by atoms with van der Waals surface area (Å²) in [7, 11) is 1.46. The summed E-state index contributed by atoms with van der Waals surface area (Å²) < 4.78 is 10.2. The quantitative estimate of drug-likeness (QED) is 0.253. The van der Waals surface area contributed by atoms with E-state index in [1.165, 1.54) is 49.6 Å². The first kappa shape index (κ1) is 21.4. The number of benzene rings is 3. The maximum absolute atomic E-state index is 12.4. The molecule has 0 radical (unpaired) electrons. The summed E-state index contributed by atoms with van der Waals surface area (Å²) in [6.07, 6.45) is 5.62. The first-order valence-electron chi connectivity index (χ1n) is 9.33. The number of ketones is 1. The lowest BCUT2D eigenvalue weighted by atomic mass is 10.1. The highest BCUT2D eigenvalue weighted by Gasteiger charge is 2.10. The van der Waals surface area contributed by atoms with Crippen molar-refractivity contribution < 1.29 is 29.3 Å². The predicted octanol–water partition coefficient (Wildman–Crippen LogP) is 4.62. The third kappa shape index (κ3) is 5.83. The first-order valence-corrected chi connectivity index (χ1v) is 9.33. The summed E-state index contributed by atoms with van der Waals surface area (Å²) in [4.78, 5) is 24.4. The molecule has 0 amide bonds. The Labute approximate surface area is 179 Å². The van der Waals surface area contributed by atoms with Crippen molar-refractivity contribution in [3.05, 3.63) is 95.6 Å². The molecule has 0 aliphatic carbocycles. The van der Waals surface area contributed by atoms with Gasteiger partial charge in [-0.25, -0.2) is 4.79 Å². The molecule has 6 nitrogen and oxygen atoms in total. The fourth-order valence-electron chi connectivity index (χ4n) is 2.70. The Morgan fingerprint density at radius 1 is 0.806 bits per heavy atom. The third-order valence-corrected chi connectivity index (χ3v) is 4.30. The fourth-order valence-corrected chi connectivity index (χ4v) is 2.70. The van der Waals surface area contributed by atoms with Crippen LogP contribution in [-0.2, 0) is 4.79 Å². The fraction of sp³-hybridized carbons (Fsp3) is 0.0400. The van der Waals surface area contributed by atoms with E-state index in [0.717, 1.165) is 5.56 Å². The molecule has 0 aliphatic heterocycles. The zero-order valence-corrected chi connectivity index (χ0v) is 16.7. The van der Waals surface area contributed by atoms with Crippen molar-refractivity contribution in [3.8, 4) is 23.0 Å². The highest BCUT2D eigenvalue weighted by atomic mass is 16.5. The van der Waals surface area contributed by atoms with E-state index in [0.29, 0.717) is 11.3 Å². The van der Waals surface area contributed by atoms with Crippen LogP contribution in [0.3, 0.4) is 0 Å². The van der Waals surface area contributed by atoms with Gasteiger partial charge >= 0.3 is 5.97 Å². The van der Waals surface area contributed by atoms with E-state index in [1.54, 1.807) is 18.2 Å². The Balaban J connectivity index is 1.71. The second-order valence-corrected chi connectivity index (χ2v) is 6.47. The molecule has 0 heterocycles. The Kier molecular flexibility index (Phi) is 6.85. The minimum atomic E-state index is -0.653. The molecule has 0 aromatic heterocycles. The lowest BCUT2D eigenvalue weighted by Gasteiger charge is -2.06. The smallest absolute Gasteiger partial charge is 0.336 e. The van der Waals surface area contributed by atoms with Crippen LogP contribution in [0.1, 0.15) is 21.5 Å². The number of rotatable bonds is 7. The van der Waals surface area contributed by atoms with Gasteiger partial charge in [0.15, 0.2) is 17.3 Å². The molecule has 0 aliphatic rings. The maximum Gasteiger partial charge on any atom is 0.336 e. The van der Waals surface area contributed by atoms with Crippen molar-refractivity contribution >= 4 is 23.9 Å². The zero-order valence-electron chi connectivity index (χ0n) is 16.7. The third-order valence-electron chi connectivity index (χ3n) is 4.30. The molecule has 3 aromatic rings. The largest absolute Gasteiger partial charge is 0.507 e.